The van der Waals surface area contributed by atoms with E-state index in [2.05, 4.69) is 68.0 Å². The molecule has 0 radical (unpaired) electrons. The van der Waals surface area contributed by atoms with Crippen LogP contribution in [0.1, 0.15) is 66.9 Å². The minimum absolute atomic E-state index is 0.0396. The van der Waals surface area contributed by atoms with Gasteiger partial charge in [0.15, 0.2) is 12.6 Å². The zero-order valence-corrected chi connectivity index (χ0v) is 33.3. The lowest BCUT2D eigenvalue weighted by Crippen LogP contribution is -2.46. The van der Waals surface area contributed by atoms with Crippen LogP contribution in [0, 0.1) is 23.1 Å². The summed E-state index contributed by atoms with van der Waals surface area (Å²) in [6.07, 6.45) is 2.03. The average Bonchev–Trinajstić information content (AvgIpc) is 3.06. The number of piperidine rings is 1. The van der Waals surface area contributed by atoms with Crippen LogP contribution >= 0.6 is 0 Å². The van der Waals surface area contributed by atoms with Crippen LogP contribution in [0.3, 0.4) is 0 Å². The number of aliphatic hydroxyl groups is 1. The predicted molar refractivity (Wildman–Crippen MR) is 202 cm³/mol. The van der Waals surface area contributed by atoms with E-state index in [1.165, 1.54) is 26.4 Å². The van der Waals surface area contributed by atoms with Gasteiger partial charge in [-0.25, -0.2) is 32.2 Å². The summed E-state index contributed by atoms with van der Waals surface area (Å²) in [6.45, 7) is 15.1. The molecule has 0 bridgehead atoms. The lowest BCUT2D eigenvalue weighted by atomic mass is 9.94. The second-order valence-corrected chi connectivity index (χ2v) is 22.3. The molecule has 4 aromatic rings. The number of rotatable bonds is 10. The molecule has 2 aromatic heterocycles. The third-order valence-electron chi connectivity index (χ3n) is 10.1. The first-order valence-corrected chi connectivity index (χ1v) is 21.5. The number of halogens is 2. The molecule has 1 saturated heterocycles. The quantitative estimate of drug-likeness (QED) is 0.0757. The Morgan fingerprint density at radius 2 is 1.69 bits per heavy atom. The fraction of sp³-hybridized carbons (Fsp3) is 0.500. The van der Waals surface area contributed by atoms with Crippen LogP contribution in [-0.4, -0.2) is 82.5 Å². The highest BCUT2D eigenvalue weighted by Crippen LogP contribution is 2.44. The molecule has 5 rings (SSSR count). The molecule has 1 aliphatic rings. The zero-order valence-electron chi connectivity index (χ0n) is 31.5. The Morgan fingerprint density at radius 1 is 1.02 bits per heavy atom. The number of fused-ring (bicyclic) bond motifs is 2. The SMILES string of the molecule is COCOc1cc(-c2nc(OC)c3c(N4CCC[C@@](C)(O)C4)nc(S(C)(=O)=O)nc3c2F)c2c(C#C[Si](C(C)C)(C(C)C)C(C)C)c(F)ccc2c1. The van der Waals surface area contributed by atoms with E-state index in [4.69, 9.17) is 14.2 Å². The number of sulfone groups is 1. The minimum atomic E-state index is -4.04. The topological polar surface area (TPSA) is 124 Å². The Kier molecular flexibility index (Phi) is 11.2. The molecule has 52 heavy (non-hydrogen) atoms. The Morgan fingerprint density at radius 3 is 2.27 bits per heavy atom. The van der Waals surface area contributed by atoms with Crippen LogP contribution in [0.4, 0.5) is 14.6 Å². The summed E-state index contributed by atoms with van der Waals surface area (Å²) in [7, 11) is -3.56. The monoisotopic (exact) mass is 754 g/mol. The smallest absolute Gasteiger partial charge is 0.249 e. The Bertz CT molecular complexity index is 2160. The van der Waals surface area contributed by atoms with Crippen molar-refractivity contribution in [3.8, 4) is 34.4 Å². The maximum absolute atomic E-state index is 17.3. The van der Waals surface area contributed by atoms with Gasteiger partial charge >= 0.3 is 0 Å². The first-order valence-electron chi connectivity index (χ1n) is 17.4. The lowest BCUT2D eigenvalue weighted by molar-refractivity contribution is 0.0447. The molecule has 0 aliphatic carbocycles. The van der Waals surface area contributed by atoms with Crippen LogP contribution in [0.25, 0.3) is 32.9 Å². The summed E-state index contributed by atoms with van der Waals surface area (Å²) in [4.78, 5) is 14.9. The van der Waals surface area contributed by atoms with Gasteiger partial charge < -0.3 is 24.2 Å². The van der Waals surface area contributed by atoms with Gasteiger partial charge in [0.25, 0.3) is 0 Å². The van der Waals surface area contributed by atoms with Crippen LogP contribution < -0.4 is 14.4 Å². The number of hydrogen-bond donors (Lipinski definition) is 1. The number of β-amino-alcohol motifs (C(OH)–C–C–N with tert-alkyl or cyclic N) is 1. The molecule has 3 heterocycles. The van der Waals surface area contributed by atoms with Gasteiger partial charge in [0.2, 0.25) is 20.9 Å². The van der Waals surface area contributed by atoms with Gasteiger partial charge in [-0.15, -0.1) is 5.54 Å². The Balaban J connectivity index is 1.92. The van der Waals surface area contributed by atoms with Crippen molar-refractivity contribution in [2.24, 2.45) is 0 Å². The van der Waals surface area contributed by atoms with Crippen molar-refractivity contribution in [2.45, 2.75) is 88.7 Å². The van der Waals surface area contributed by atoms with Crippen LogP contribution in [0.2, 0.25) is 16.6 Å². The Hall–Kier alpha value is -3.90. The highest BCUT2D eigenvalue weighted by Gasteiger charge is 2.42. The van der Waals surface area contributed by atoms with Crippen molar-refractivity contribution in [1.82, 2.24) is 15.0 Å². The second kappa shape index (κ2) is 14.8. The third kappa shape index (κ3) is 7.33. The average molecular weight is 755 g/mol. The molecule has 1 fully saturated rings. The normalized spacial score (nSPS) is 17.0. The fourth-order valence-corrected chi connectivity index (χ4v) is 13.5. The largest absolute Gasteiger partial charge is 0.480 e. The van der Waals surface area contributed by atoms with Gasteiger partial charge in [-0.3, -0.25) is 0 Å². The van der Waals surface area contributed by atoms with Gasteiger partial charge in [0.05, 0.1) is 18.3 Å². The first-order chi connectivity index (χ1) is 24.4. The highest BCUT2D eigenvalue weighted by atomic mass is 32.2. The molecule has 1 atom stereocenters. The van der Waals surface area contributed by atoms with E-state index in [9.17, 15) is 13.5 Å². The van der Waals surface area contributed by atoms with Crippen molar-refractivity contribution in [1.29, 1.82) is 0 Å². The molecule has 280 valence electrons. The number of anilines is 1. The number of nitrogens with zero attached hydrogens (tertiary/aromatic N) is 4. The number of pyridine rings is 1. The molecule has 2 aromatic carbocycles. The maximum atomic E-state index is 17.3. The molecule has 0 unspecified atom stereocenters. The van der Waals surface area contributed by atoms with Gasteiger partial charge in [0.1, 0.15) is 42.1 Å². The molecular weight excluding hydrogens is 707 g/mol. The summed E-state index contributed by atoms with van der Waals surface area (Å²) < 4.78 is 75.9. The molecule has 0 saturated carbocycles. The predicted octanol–water partition coefficient (Wildman–Crippen LogP) is 7.44. The zero-order chi connectivity index (χ0) is 38.3. The highest BCUT2D eigenvalue weighted by molar-refractivity contribution is 7.90. The van der Waals surface area contributed by atoms with E-state index in [-0.39, 0.29) is 69.4 Å². The van der Waals surface area contributed by atoms with Crippen molar-refractivity contribution in [2.75, 3.05) is 45.3 Å². The number of aromatic nitrogens is 3. The summed E-state index contributed by atoms with van der Waals surface area (Å²) in [5.74, 6) is 1.96. The summed E-state index contributed by atoms with van der Waals surface area (Å²) in [5.41, 5.74) is 2.90. The first kappa shape index (κ1) is 39.3. The van der Waals surface area contributed by atoms with Gasteiger partial charge in [-0.05, 0) is 60.0 Å². The van der Waals surface area contributed by atoms with Gasteiger partial charge in [-0.2, -0.15) is 0 Å². The van der Waals surface area contributed by atoms with E-state index in [0.29, 0.717) is 35.9 Å². The summed E-state index contributed by atoms with van der Waals surface area (Å²) >= 11 is 0. The van der Waals surface area contributed by atoms with E-state index in [0.717, 1.165) is 6.26 Å². The molecular formula is C38H48F2N4O6SSi. The molecule has 14 heteroatoms. The minimum Gasteiger partial charge on any atom is -0.480 e. The lowest BCUT2D eigenvalue weighted by Gasteiger charge is -2.38. The molecule has 10 nitrogen and oxygen atoms in total. The number of methoxy groups -OCH3 is 2. The van der Waals surface area contributed by atoms with E-state index in [1.54, 1.807) is 24.0 Å². The van der Waals surface area contributed by atoms with Gasteiger partial charge in [-0.1, -0.05) is 53.5 Å². The van der Waals surface area contributed by atoms with E-state index < -0.39 is 40.3 Å². The standard InChI is InChI=1S/C38H48F2N4O6SSi/c1-22(2)52(23(3)4,24(5)6)17-14-27-29(39)13-12-25-18-26(50-21-48-8)19-28(30(25)27)33-32(40)34-31(36(41-33)49-9)35(43-37(42-34)51(10,46)47)44-16-11-15-38(7,45)20-44/h12-13,18-19,22-24,45H,11,15-16,20-21H2,1-10H3/t38-/m1/s1. The van der Waals surface area contributed by atoms with Gasteiger partial charge in [0, 0.05) is 37.4 Å². The molecule has 1 aliphatic heterocycles. The molecule has 0 spiro atoms. The van der Waals surface area contributed by atoms with Crippen molar-refractivity contribution >= 4 is 45.4 Å². The molecule has 1 N–H and O–H groups in total. The van der Waals surface area contributed by atoms with Crippen LogP contribution in [-0.2, 0) is 14.6 Å². The van der Waals surface area contributed by atoms with Crippen LogP contribution in [0.15, 0.2) is 29.4 Å². The summed E-state index contributed by atoms with van der Waals surface area (Å²) in [5, 5.41) is 11.2. The van der Waals surface area contributed by atoms with Crippen molar-refractivity contribution < 1.29 is 36.5 Å². The van der Waals surface area contributed by atoms with E-state index in [1.807, 2.05) is 0 Å². The van der Waals surface area contributed by atoms with Crippen molar-refractivity contribution in [3.05, 3.63) is 41.5 Å². The number of hydrogen-bond acceptors (Lipinski definition) is 10. The number of benzene rings is 2. The molecule has 0 amide bonds. The summed E-state index contributed by atoms with van der Waals surface area (Å²) in [6, 6.07) is 6.12. The van der Waals surface area contributed by atoms with Crippen molar-refractivity contribution in [3.63, 3.8) is 0 Å². The Labute approximate surface area is 305 Å². The second-order valence-electron chi connectivity index (χ2n) is 14.8. The fourth-order valence-electron chi connectivity index (χ4n) is 7.76. The third-order valence-corrected chi connectivity index (χ3v) is 17.3. The maximum Gasteiger partial charge on any atom is 0.249 e. The van der Waals surface area contributed by atoms with E-state index >= 15 is 8.78 Å². The van der Waals surface area contributed by atoms with Crippen LogP contribution in [0.5, 0.6) is 11.6 Å². The number of ether oxygens (including phenoxy) is 3.